The summed E-state index contributed by atoms with van der Waals surface area (Å²) in [5, 5.41) is 0. The third-order valence-corrected chi connectivity index (χ3v) is 0. The number of hydrogen-bond donors (Lipinski definition) is 4. The molecule has 8 nitrogen and oxygen atoms in total. The van der Waals surface area contributed by atoms with E-state index in [0.717, 1.165) is 0 Å². The Kier molecular flexibility index (Phi) is 101. The van der Waals surface area contributed by atoms with Crippen LogP contribution in [0.15, 0.2) is 0 Å². The fourth-order valence-electron chi connectivity index (χ4n) is 0. The third-order valence-electron chi connectivity index (χ3n) is 0. The van der Waals surface area contributed by atoms with Crippen LogP contribution in [0.25, 0.3) is 0 Å². The normalized spacial score (nSPS) is 5.23. The summed E-state index contributed by atoms with van der Waals surface area (Å²) in [7, 11) is -4.61. The van der Waals surface area contributed by atoms with Gasteiger partial charge >= 0.3 is 95.6 Å². The molecule has 78 valence electrons. The molecule has 0 atom stereocenters. The van der Waals surface area contributed by atoms with Crippen molar-refractivity contribution in [1.82, 2.24) is 0 Å². The molecule has 0 saturated carbocycles. The molecule has 13 heteroatoms. The Morgan fingerprint density at radius 3 is 1.00 bits per heavy atom. The van der Waals surface area contributed by atoms with E-state index in [-0.39, 0.29) is 94.8 Å². The molecule has 0 aromatic carbocycles. The van der Waals surface area contributed by atoms with Crippen LogP contribution in [-0.4, -0.2) is 117 Å². The van der Waals surface area contributed by atoms with Crippen molar-refractivity contribution in [2.24, 2.45) is 0 Å². The molecule has 0 spiro atoms. The summed E-state index contributed by atoms with van der Waals surface area (Å²) in [6.45, 7) is 0. The van der Waals surface area contributed by atoms with Crippen molar-refractivity contribution < 1.29 is 61.6 Å². The molecule has 0 unspecified atom stereocenters. The van der Waals surface area contributed by atoms with E-state index in [0.29, 0.717) is 0 Å². The first-order valence-electron chi connectivity index (χ1n) is 1.30. The van der Waals surface area contributed by atoms with Gasteiger partial charge in [-0.2, -0.15) is 0 Å². The van der Waals surface area contributed by atoms with Crippen molar-refractivity contribution in [2.75, 3.05) is 0 Å². The topological polar surface area (TPSA) is 178 Å². The van der Waals surface area contributed by atoms with Gasteiger partial charge in [0.2, 0.25) is 0 Å². The summed E-state index contributed by atoms with van der Waals surface area (Å²) >= 11 is -2.00. The Balaban J connectivity index is -0.00000000317. The molecule has 0 rings (SSSR count). The third kappa shape index (κ3) is 302. The Morgan fingerprint density at radius 1 is 1.00 bits per heavy atom. The average molecular weight is 310 g/mol. The minimum atomic E-state index is -4.61. The van der Waals surface area contributed by atoms with Gasteiger partial charge in [0.05, 0.1) is 0 Å². The van der Waals surface area contributed by atoms with E-state index in [2.05, 4.69) is 0 Å². The summed E-state index contributed by atoms with van der Waals surface area (Å²) in [5.74, 6) is 0. The second kappa shape index (κ2) is 29.4. The zero-order chi connectivity index (χ0) is 7.21. The van der Waals surface area contributed by atoms with E-state index < -0.39 is 28.1 Å². The molecule has 0 aliphatic heterocycles. The minimum absolute atomic E-state index is 0. The molecule has 13 heavy (non-hydrogen) atoms. The molecule has 0 fully saturated rings. The summed E-state index contributed by atoms with van der Waals surface area (Å²) in [6.07, 6.45) is 0. The van der Waals surface area contributed by atoms with Crippen molar-refractivity contribution >= 4 is 87.2 Å². The molecule has 0 radical (unpaired) electrons. The molecule has 0 saturated heterocycles. The average Bonchev–Trinajstić information content (AvgIpc) is 1.27. The van der Waals surface area contributed by atoms with Crippen molar-refractivity contribution in [2.45, 2.75) is 0 Å². The number of hydrogen-bond acceptors (Lipinski definition) is 6. The Labute approximate surface area is 147 Å². The molecule has 8 N–H and O–H groups in total. The van der Waals surface area contributed by atoms with Gasteiger partial charge in [-0.05, 0) is 0 Å². The van der Waals surface area contributed by atoms with Crippen molar-refractivity contribution in [1.29, 1.82) is 0 Å². The second-order valence-corrected chi connectivity index (χ2v) is 2.14. The van der Waals surface area contributed by atoms with Crippen molar-refractivity contribution in [3.05, 3.63) is 0 Å². The predicted molar refractivity (Wildman–Crippen MR) is 49.1 cm³/mol. The summed E-state index contributed by atoms with van der Waals surface area (Å²) in [6, 6.07) is 0. The zero-order valence-corrected chi connectivity index (χ0v) is 12.2. The maximum absolute atomic E-state index is 8.50. The van der Waals surface area contributed by atoms with Crippen LogP contribution in [0.3, 0.4) is 0 Å². The molecular formula is H15AlCaMgO8SiTi. The second-order valence-electron chi connectivity index (χ2n) is 0.683. The van der Waals surface area contributed by atoms with Gasteiger partial charge in [0.1, 0.15) is 0 Å². The Bertz CT molecular complexity index is 98.0. The van der Waals surface area contributed by atoms with Crippen LogP contribution in [0.1, 0.15) is 5.71 Å². The van der Waals surface area contributed by atoms with E-state index in [1.54, 1.807) is 0 Å². The van der Waals surface area contributed by atoms with Crippen molar-refractivity contribution in [3.63, 3.8) is 0 Å². The van der Waals surface area contributed by atoms with E-state index in [1.807, 2.05) is 0 Å². The van der Waals surface area contributed by atoms with Gasteiger partial charge in [-0.3, -0.25) is 0 Å². The molecular weight excluding hydrogens is 295 g/mol. The quantitative estimate of drug-likeness (QED) is 0.323. The fraction of sp³-hybridized carbons (Fsp3) is 0. The molecule has 0 aliphatic rings. The summed E-state index contributed by atoms with van der Waals surface area (Å²) in [5.41, 5.74) is 0. The van der Waals surface area contributed by atoms with Crippen LogP contribution >= 0.6 is 0 Å². The van der Waals surface area contributed by atoms with E-state index in [4.69, 9.17) is 25.8 Å². The Morgan fingerprint density at radius 2 is 1.00 bits per heavy atom. The molecule has 0 aromatic rings. The van der Waals surface area contributed by atoms with Gasteiger partial charge in [-0.25, -0.2) is 0 Å². The van der Waals surface area contributed by atoms with Crippen LogP contribution in [0.5, 0.6) is 0 Å². The van der Waals surface area contributed by atoms with Crippen molar-refractivity contribution in [3.8, 4) is 0 Å². The first kappa shape index (κ1) is 44.6. The van der Waals surface area contributed by atoms with Gasteiger partial charge in [0.25, 0.3) is 0 Å². The monoisotopic (exact) mass is 310 g/mol. The summed E-state index contributed by atoms with van der Waals surface area (Å²) in [4.78, 5) is 29.3. The first-order valence-corrected chi connectivity index (χ1v) is 4.37. The van der Waals surface area contributed by atoms with Crippen LogP contribution in [0, 0.1) is 0 Å². The molecule has 0 amide bonds. The first-order chi connectivity index (χ1) is 3.41. The predicted octanol–water partition coefficient (Wildman–Crippen LogP) is -5.99. The fourth-order valence-corrected chi connectivity index (χ4v) is 0. The molecule has 0 aliphatic carbocycles. The van der Waals surface area contributed by atoms with E-state index >= 15 is 0 Å². The van der Waals surface area contributed by atoms with Gasteiger partial charge in [0, 0.05) is 0 Å². The van der Waals surface area contributed by atoms with E-state index in [9.17, 15) is 0 Å². The molecule has 0 heterocycles. The van der Waals surface area contributed by atoms with Gasteiger partial charge in [0.15, 0.2) is 17.4 Å². The van der Waals surface area contributed by atoms with Gasteiger partial charge in [-0.15, -0.1) is 0 Å². The van der Waals surface area contributed by atoms with Gasteiger partial charge in [-0.1, -0.05) is 0 Å². The molecule has 0 aromatic heterocycles. The summed E-state index contributed by atoms with van der Waals surface area (Å²) < 4.78 is 17.0. The van der Waals surface area contributed by atoms with Crippen LogP contribution in [-0.2, 0) is 25.7 Å². The zero-order valence-electron chi connectivity index (χ0n) is 10.0. The maximum atomic E-state index is 8.50. The van der Waals surface area contributed by atoms with Crippen LogP contribution in [0.4, 0.5) is 0 Å². The van der Waals surface area contributed by atoms with E-state index in [1.165, 1.54) is 0 Å². The number of rotatable bonds is 0. The van der Waals surface area contributed by atoms with Gasteiger partial charge < -0.3 is 35.8 Å². The Hall–Kier alpha value is 2.85. The van der Waals surface area contributed by atoms with Crippen LogP contribution in [0.2, 0.25) is 0 Å². The van der Waals surface area contributed by atoms with Crippen LogP contribution < -0.4 is 0 Å². The SMILES string of the molecule is O.O.O[Si](O)(O)O.[AlH3].[Ca+2].[H-].[H-].[H-].[H-].[Mg+2].[O]=[Ti]=[O]. The standard InChI is InChI=1S/Al.Ca.Mg.H4O4Si.2H2O.2O.Ti.7H/c;;;1-5(2,3)4;;;;;;;;;;;;/h;;;1-4H;2*1H2;;;;;;;;;;/q;2*+2;;;;;;;;;;4*-1. The molecule has 0 bridgehead atoms.